The van der Waals surface area contributed by atoms with Gasteiger partial charge in [0.2, 0.25) is 5.91 Å². The summed E-state index contributed by atoms with van der Waals surface area (Å²) in [6, 6.07) is 9.63. The summed E-state index contributed by atoms with van der Waals surface area (Å²) >= 11 is 0. The van der Waals surface area contributed by atoms with Crippen LogP contribution in [0.2, 0.25) is 0 Å². The number of rotatable bonds is 5. The van der Waals surface area contributed by atoms with Gasteiger partial charge in [0.05, 0.1) is 6.54 Å². The van der Waals surface area contributed by atoms with E-state index in [1.54, 1.807) is 4.90 Å². The van der Waals surface area contributed by atoms with Crippen LogP contribution in [0.5, 0.6) is 0 Å². The highest BCUT2D eigenvalue weighted by molar-refractivity contribution is 5.76. The van der Waals surface area contributed by atoms with Crippen LogP contribution in [0.25, 0.3) is 0 Å². The molecule has 0 radical (unpaired) electrons. The molecule has 0 aromatic heterocycles. The van der Waals surface area contributed by atoms with Crippen molar-refractivity contribution in [3.05, 3.63) is 35.9 Å². The highest BCUT2D eigenvalue weighted by atomic mass is 16.5. The Bertz CT molecular complexity index is 464. The van der Waals surface area contributed by atoms with Gasteiger partial charge in [0.25, 0.3) is 0 Å². The Morgan fingerprint density at radius 1 is 1.29 bits per heavy atom. The Hall–Kier alpha value is -2.08. The summed E-state index contributed by atoms with van der Waals surface area (Å²) in [4.78, 5) is 25.0. The van der Waals surface area contributed by atoms with Crippen molar-refractivity contribution in [3.63, 3.8) is 0 Å². The van der Waals surface area contributed by atoms with E-state index in [9.17, 15) is 9.59 Å². The van der Waals surface area contributed by atoms with E-state index < -0.39 is 6.09 Å². The summed E-state index contributed by atoms with van der Waals surface area (Å²) in [5.74, 6) is 0.105. The van der Waals surface area contributed by atoms with Gasteiger partial charge in [-0.25, -0.2) is 4.79 Å². The summed E-state index contributed by atoms with van der Waals surface area (Å²) in [7, 11) is 0. The van der Waals surface area contributed by atoms with E-state index in [0.29, 0.717) is 32.6 Å². The van der Waals surface area contributed by atoms with Gasteiger partial charge in [-0.05, 0) is 5.56 Å². The molecule has 21 heavy (non-hydrogen) atoms. The molecule has 1 aromatic rings. The average molecular weight is 291 g/mol. The van der Waals surface area contributed by atoms with Crippen LogP contribution in [0.4, 0.5) is 4.79 Å². The predicted molar refractivity (Wildman–Crippen MR) is 78.7 cm³/mol. The number of nitrogens with zero attached hydrogens (tertiary/aromatic N) is 1. The Labute approximate surface area is 124 Å². The molecule has 1 heterocycles. The van der Waals surface area contributed by atoms with Gasteiger partial charge in [-0.1, -0.05) is 30.3 Å². The zero-order valence-corrected chi connectivity index (χ0v) is 12.0. The summed E-state index contributed by atoms with van der Waals surface area (Å²) in [6.45, 7) is 3.26. The molecule has 114 valence electrons. The minimum absolute atomic E-state index is 0.105. The predicted octanol–water partition coefficient (Wildman–Crippen LogP) is 0.735. The Kier molecular flexibility index (Phi) is 6.02. The molecule has 2 rings (SSSR count). The van der Waals surface area contributed by atoms with Crippen molar-refractivity contribution in [3.8, 4) is 0 Å². The first kappa shape index (κ1) is 15.3. The Balaban J connectivity index is 1.63. The van der Waals surface area contributed by atoms with E-state index in [1.807, 2.05) is 30.3 Å². The minimum atomic E-state index is -0.459. The molecule has 1 aromatic carbocycles. The van der Waals surface area contributed by atoms with Crippen molar-refractivity contribution in [2.24, 2.45) is 0 Å². The molecule has 0 spiro atoms. The number of hydrogen-bond acceptors (Lipinski definition) is 4. The van der Waals surface area contributed by atoms with Gasteiger partial charge in [0.15, 0.2) is 0 Å². The molecule has 2 amide bonds. The molecule has 6 heteroatoms. The number of alkyl carbamates (subject to hydrolysis) is 1. The van der Waals surface area contributed by atoms with Crippen LogP contribution >= 0.6 is 0 Å². The van der Waals surface area contributed by atoms with Crippen molar-refractivity contribution < 1.29 is 14.3 Å². The standard InChI is InChI=1S/C15H21N3O3/c19-14-6-7-16-8-9-18(14)10-11-21-15(20)17-12-13-4-2-1-3-5-13/h1-5,16H,6-12H2,(H,17,20). The lowest BCUT2D eigenvalue weighted by molar-refractivity contribution is -0.130. The third-order valence-electron chi connectivity index (χ3n) is 3.30. The van der Waals surface area contributed by atoms with Gasteiger partial charge in [-0.3, -0.25) is 4.79 Å². The van der Waals surface area contributed by atoms with Crippen molar-refractivity contribution in [1.82, 2.24) is 15.5 Å². The van der Waals surface area contributed by atoms with Gasteiger partial charge in [0, 0.05) is 32.6 Å². The number of carbonyl (C=O) groups is 2. The van der Waals surface area contributed by atoms with Crippen LogP contribution in [0, 0.1) is 0 Å². The van der Waals surface area contributed by atoms with Crippen LogP contribution in [-0.2, 0) is 16.1 Å². The zero-order chi connectivity index (χ0) is 14.9. The minimum Gasteiger partial charge on any atom is -0.448 e. The first-order valence-electron chi connectivity index (χ1n) is 7.19. The van der Waals surface area contributed by atoms with E-state index in [1.165, 1.54) is 0 Å². The molecular formula is C15H21N3O3. The number of hydrogen-bond donors (Lipinski definition) is 2. The molecule has 1 fully saturated rings. The number of benzene rings is 1. The van der Waals surface area contributed by atoms with Crippen molar-refractivity contribution >= 4 is 12.0 Å². The molecule has 0 unspecified atom stereocenters. The average Bonchev–Trinajstić information content (AvgIpc) is 2.71. The highest BCUT2D eigenvalue weighted by Gasteiger charge is 2.16. The van der Waals surface area contributed by atoms with Gasteiger partial charge in [-0.2, -0.15) is 0 Å². The molecule has 0 bridgehead atoms. The SMILES string of the molecule is O=C(NCc1ccccc1)OCCN1CCNCCC1=O. The third-order valence-corrected chi connectivity index (χ3v) is 3.30. The van der Waals surface area contributed by atoms with Crippen LogP contribution in [0.1, 0.15) is 12.0 Å². The van der Waals surface area contributed by atoms with Crippen LogP contribution in [-0.4, -0.2) is 49.7 Å². The lowest BCUT2D eigenvalue weighted by atomic mass is 10.2. The second-order valence-corrected chi connectivity index (χ2v) is 4.86. The third kappa shape index (κ3) is 5.43. The number of ether oxygens (including phenoxy) is 1. The number of nitrogens with one attached hydrogen (secondary N) is 2. The van der Waals surface area contributed by atoms with E-state index >= 15 is 0 Å². The first-order valence-corrected chi connectivity index (χ1v) is 7.19. The monoisotopic (exact) mass is 291 g/mol. The molecule has 0 saturated carbocycles. The lowest BCUT2D eigenvalue weighted by Gasteiger charge is -2.19. The van der Waals surface area contributed by atoms with Crippen LogP contribution < -0.4 is 10.6 Å². The smallest absolute Gasteiger partial charge is 0.407 e. The first-order chi connectivity index (χ1) is 10.3. The maximum atomic E-state index is 11.7. The molecular weight excluding hydrogens is 270 g/mol. The largest absolute Gasteiger partial charge is 0.448 e. The molecule has 6 nitrogen and oxygen atoms in total. The summed E-state index contributed by atoms with van der Waals surface area (Å²) in [6.07, 6.45) is 0.0412. The molecule has 1 aliphatic heterocycles. The quantitative estimate of drug-likeness (QED) is 0.839. The Morgan fingerprint density at radius 2 is 2.10 bits per heavy atom. The second kappa shape index (κ2) is 8.26. The van der Waals surface area contributed by atoms with Crippen molar-refractivity contribution in [2.75, 3.05) is 32.8 Å². The van der Waals surface area contributed by atoms with Crippen molar-refractivity contribution in [2.45, 2.75) is 13.0 Å². The van der Waals surface area contributed by atoms with Gasteiger partial charge < -0.3 is 20.3 Å². The number of carbonyl (C=O) groups excluding carboxylic acids is 2. The molecule has 1 saturated heterocycles. The molecule has 2 N–H and O–H groups in total. The lowest BCUT2D eigenvalue weighted by Crippen LogP contribution is -2.36. The van der Waals surface area contributed by atoms with Crippen LogP contribution in [0.15, 0.2) is 30.3 Å². The van der Waals surface area contributed by atoms with Crippen molar-refractivity contribution in [1.29, 1.82) is 0 Å². The fourth-order valence-corrected chi connectivity index (χ4v) is 2.12. The highest BCUT2D eigenvalue weighted by Crippen LogP contribution is 1.99. The summed E-state index contributed by atoms with van der Waals surface area (Å²) < 4.78 is 5.09. The molecule has 0 aliphatic carbocycles. The molecule has 1 aliphatic rings. The maximum Gasteiger partial charge on any atom is 0.407 e. The second-order valence-electron chi connectivity index (χ2n) is 4.86. The van der Waals surface area contributed by atoms with Gasteiger partial charge in [-0.15, -0.1) is 0 Å². The van der Waals surface area contributed by atoms with Crippen LogP contribution in [0.3, 0.4) is 0 Å². The topological polar surface area (TPSA) is 70.7 Å². The fourth-order valence-electron chi connectivity index (χ4n) is 2.12. The fraction of sp³-hybridized carbons (Fsp3) is 0.467. The Morgan fingerprint density at radius 3 is 2.90 bits per heavy atom. The zero-order valence-electron chi connectivity index (χ0n) is 12.0. The van der Waals surface area contributed by atoms with E-state index in [2.05, 4.69) is 10.6 Å². The number of amides is 2. The summed E-state index contributed by atoms with van der Waals surface area (Å²) in [5.41, 5.74) is 1.02. The summed E-state index contributed by atoms with van der Waals surface area (Å²) in [5, 5.41) is 5.85. The van der Waals surface area contributed by atoms with Gasteiger partial charge in [0.1, 0.15) is 6.61 Å². The molecule has 0 atom stereocenters. The van der Waals surface area contributed by atoms with Gasteiger partial charge >= 0.3 is 6.09 Å². The maximum absolute atomic E-state index is 11.7. The normalized spacial score (nSPS) is 15.4. The van der Waals surface area contributed by atoms with E-state index in [4.69, 9.17) is 4.74 Å². The van der Waals surface area contributed by atoms with E-state index in [0.717, 1.165) is 12.1 Å². The van der Waals surface area contributed by atoms with E-state index in [-0.39, 0.29) is 12.5 Å².